The number of hydrogen-bond acceptors (Lipinski definition) is 5. The van der Waals surface area contributed by atoms with Gasteiger partial charge in [-0.25, -0.2) is 0 Å². The second-order valence-corrected chi connectivity index (χ2v) is 17.6. The molecule has 0 aromatic carbocycles. The van der Waals surface area contributed by atoms with Crippen molar-refractivity contribution < 1.29 is 24.2 Å². The van der Waals surface area contributed by atoms with Crippen molar-refractivity contribution in [2.24, 2.45) is 0 Å². The van der Waals surface area contributed by atoms with Gasteiger partial charge in [0.1, 0.15) is 6.61 Å². The number of unbranched alkanes of at least 4 members (excludes halogenated alkanes) is 36. The van der Waals surface area contributed by atoms with Crippen LogP contribution in [0.1, 0.15) is 284 Å². The number of carbonyl (C=O) groups is 2. The fraction of sp³-hybridized carbons (Fsp3) is 0.887. The van der Waals surface area contributed by atoms with Gasteiger partial charge < -0.3 is 14.6 Å². The zero-order valence-electron chi connectivity index (χ0n) is 39.1. The largest absolute Gasteiger partial charge is 0.462 e. The molecule has 5 nitrogen and oxygen atoms in total. The summed E-state index contributed by atoms with van der Waals surface area (Å²) in [5, 5.41) is 9.60. The second-order valence-electron chi connectivity index (χ2n) is 17.6. The molecule has 0 aliphatic rings. The fourth-order valence-corrected chi connectivity index (χ4v) is 7.82. The van der Waals surface area contributed by atoms with Crippen LogP contribution in [0.25, 0.3) is 0 Å². The molecule has 1 atom stereocenters. The molecule has 1 N–H and O–H groups in total. The van der Waals surface area contributed by atoms with Crippen LogP contribution in [-0.2, 0) is 19.1 Å². The molecule has 0 aromatic heterocycles. The smallest absolute Gasteiger partial charge is 0.306 e. The van der Waals surface area contributed by atoms with E-state index in [0.29, 0.717) is 12.8 Å². The van der Waals surface area contributed by atoms with Crippen molar-refractivity contribution in [2.75, 3.05) is 13.2 Å². The second kappa shape index (κ2) is 49.7. The SMILES string of the molecule is CCCCC/C=C\C/C=C\CCCCCCCC(=O)OC(CO)COC(=O)CCCCCCCCCCCCCCCCCCCCCCCCCCCCCCC. The summed E-state index contributed by atoms with van der Waals surface area (Å²) in [5.41, 5.74) is 0. The molecule has 342 valence electrons. The summed E-state index contributed by atoms with van der Waals surface area (Å²) in [6.07, 6.45) is 61.5. The Morgan fingerprint density at radius 2 is 0.690 bits per heavy atom. The third kappa shape index (κ3) is 47.1. The summed E-state index contributed by atoms with van der Waals surface area (Å²) in [4.78, 5) is 24.4. The van der Waals surface area contributed by atoms with E-state index < -0.39 is 6.10 Å². The van der Waals surface area contributed by atoms with Gasteiger partial charge in [0.25, 0.3) is 0 Å². The Balaban J connectivity index is 3.41. The highest BCUT2D eigenvalue weighted by atomic mass is 16.6. The third-order valence-electron chi connectivity index (χ3n) is 11.7. The first-order valence-electron chi connectivity index (χ1n) is 25.9. The van der Waals surface area contributed by atoms with Crippen molar-refractivity contribution in [2.45, 2.75) is 290 Å². The van der Waals surface area contributed by atoms with Crippen molar-refractivity contribution in [3.05, 3.63) is 24.3 Å². The van der Waals surface area contributed by atoms with Crippen LogP contribution in [0, 0.1) is 0 Å². The Kier molecular flexibility index (Phi) is 48.4. The van der Waals surface area contributed by atoms with E-state index >= 15 is 0 Å². The van der Waals surface area contributed by atoms with Gasteiger partial charge in [-0.05, 0) is 44.9 Å². The Labute approximate surface area is 362 Å². The van der Waals surface area contributed by atoms with Crippen LogP contribution < -0.4 is 0 Å². The molecule has 0 aliphatic carbocycles. The lowest BCUT2D eigenvalue weighted by atomic mass is 10.0. The number of aliphatic hydroxyl groups is 1. The minimum atomic E-state index is -0.775. The third-order valence-corrected chi connectivity index (χ3v) is 11.7. The number of carbonyl (C=O) groups excluding carboxylic acids is 2. The van der Waals surface area contributed by atoms with Crippen LogP contribution in [0.5, 0.6) is 0 Å². The van der Waals surface area contributed by atoms with Gasteiger partial charge in [-0.3, -0.25) is 9.59 Å². The Morgan fingerprint density at radius 1 is 0.397 bits per heavy atom. The minimum Gasteiger partial charge on any atom is -0.462 e. The normalized spacial score (nSPS) is 12.3. The summed E-state index contributed by atoms with van der Waals surface area (Å²) < 4.78 is 10.7. The number of hydrogen-bond donors (Lipinski definition) is 1. The molecule has 0 heterocycles. The molecule has 0 bridgehead atoms. The number of rotatable bonds is 48. The Bertz CT molecular complexity index is 882. The summed E-state index contributed by atoms with van der Waals surface area (Å²) >= 11 is 0. The molecule has 0 aliphatic heterocycles. The summed E-state index contributed by atoms with van der Waals surface area (Å²) in [6.45, 7) is 4.14. The van der Waals surface area contributed by atoms with Crippen LogP contribution in [0.3, 0.4) is 0 Å². The van der Waals surface area contributed by atoms with Gasteiger partial charge in [0.05, 0.1) is 6.61 Å². The van der Waals surface area contributed by atoms with E-state index in [9.17, 15) is 14.7 Å². The predicted molar refractivity (Wildman–Crippen MR) is 251 cm³/mol. The van der Waals surface area contributed by atoms with Crippen molar-refractivity contribution in [3.63, 3.8) is 0 Å². The van der Waals surface area contributed by atoms with Crippen LogP contribution >= 0.6 is 0 Å². The van der Waals surface area contributed by atoms with Gasteiger partial charge in [0.2, 0.25) is 0 Å². The topological polar surface area (TPSA) is 72.8 Å². The highest BCUT2D eigenvalue weighted by Crippen LogP contribution is 2.17. The van der Waals surface area contributed by atoms with Crippen LogP contribution in [0.15, 0.2) is 24.3 Å². The van der Waals surface area contributed by atoms with Crippen LogP contribution in [-0.4, -0.2) is 36.4 Å². The Morgan fingerprint density at radius 3 is 1.05 bits per heavy atom. The molecule has 0 aromatic rings. The zero-order valence-corrected chi connectivity index (χ0v) is 39.1. The first kappa shape index (κ1) is 56.4. The van der Waals surface area contributed by atoms with Crippen molar-refractivity contribution in [1.82, 2.24) is 0 Å². The molecular formula is C53H100O5. The minimum absolute atomic E-state index is 0.0667. The number of ether oxygens (including phenoxy) is 2. The summed E-state index contributed by atoms with van der Waals surface area (Å²) in [5.74, 6) is -0.593. The molecule has 58 heavy (non-hydrogen) atoms. The lowest BCUT2D eigenvalue weighted by molar-refractivity contribution is -0.161. The number of allylic oxidation sites excluding steroid dienone is 4. The molecule has 0 rings (SSSR count). The number of aliphatic hydroxyl groups excluding tert-OH is 1. The van der Waals surface area contributed by atoms with Gasteiger partial charge in [0, 0.05) is 12.8 Å². The van der Waals surface area contributed by atoms with Gasteiger partial charge in [-0.15, -0.1) is 0 Å². The predicted octanol–water partition coefficient (Wildman–Crippen LogP) is 17.0. The number of esters is 2. The van der Waals surface area contributed by atoms with Crippen molar-refractivity contribution in [1.29, 1.82) is 0 Å². The Hall–Kier alpha value is -1.62. The van der Waals surface area contributed by atoms with E-state index in [0.717, 1.165) is 51.4 Å². The molecule has 0 amide bonds. The first-order valence-corrected chi connectivity index (χ1v) is 25.9. The lowest BCUT2D eigenvalue weighted by Crippen LogP contribution is -2.28. The molecule has 0 saturated carbocycles. The van der Waals surface area contributed by atoms with Crippen molar-refractivity contribution >= 4 is 11.9 Å². The van der Waals surface area contributed by atoms with Crippen molar-refractivity contribution in [3.8, 4) is 0 Å². The van der Waals surface area contributed by atoms with E-state index in [1.807, 2.05) is 0 Å². The summed E-state index contributed by atoms with van der Waals surface area (Å²) in [6, 6.07) is 0. The average Bonchev–Trinajstić information content (AvgIpc) is 3.23. The molecule has 1 unspecified atom stereocenters. The standard InChI is InChI=1S/C53H100O5/c1-3-5-7-9-11-13-15-17-19-20-21-22-23-24-25-26-27-28-29-30-31-32-34-35-37-39-41-43-45-47-52(55)57-50-51(49-54)58-53(56)48-46-44-42-40-38-36-33-18-16-14-12-10-8-6-4-2/h12,14,18,33,51,54H,3-11,13,15-17,19-32,34-50H2,1-2H3/b14-12-,33-18-. The maximum atomic E-state index is 12.2. The average molecular weight is 817 g/mol. The molecule has 0 fully saturated rings. The molecule has 0 saturated heterocycles. The van der Waals surface area contributed by atoms with Gasteiger partial charge in [-0.2, -0.15) is 0 Å². The molecule has 0 spiro atoms. The maximum Gasteiger partial charge on any atom is 0.306 e. The van der Waals surface area contributed by atoms with E-state index in [1.54, 1.807) is 0 Å². The van der Waals surface area contributed by atoms with E-state index in [-0.39, 0.29) is 25.2 Å². The van der Waals surface area contributed by atoms with E-state index in [4.69, 9.17) is 9.47 Å². The van der Waals surface area contributed by atoms with Crippen LogP contribution in [0.2, 0.25) is 0 Å². The monoisotopic (exact) mass is 817 g/mol. The first-order chi connectivity index (χ1) is 28.6. The zero-order chi connectivity index (χ0) is 42.1. The fourth-order valence-electron chi connectivity index (χ4n) is 7.82. The van der Waals surface area contributed by atoms with Gasteiger partial charge in [0.15, 0.2) is 6.10 Å². The van der Waals surface area contributed by atoms with E-state index in [2.05, 4.69) is 38.2 Å². The molecule has 5 heteroatoms. The molecular weight excluding hydrogens is 717 g/mol. The van der Waals surface area contributed by atoms with Gasteiger partial charge in [-0.1, -0.05) is 250 Å². The highest BCUT2D eigenvalue weighted by molar-refractivity contribution is 5.70. The molecule has 0 radical (unpaired) electrons. The van der Waals surface area contributed by atoms with E-state index in [1.165, 1.54) is 205 Å². The van der Waals surface area contributed by atoms with Gasteiger partial charge >= 0.3 is 11.9 Å². The summed E-state index contributed by atoms with van der Waals surface area (Å²) in [7, 11) is 0. The van der Waals surface area contributed by atoms with Crippen LogP contribution in [0.4, 0.5) is 0 Å². The quantitative estimate of drug-likeness (QED) is 0.0376. The highest BCUT2D eigenvalue weighted by Gasteiger charge is 2.16. The maximum absolute atomic E-state index is 12.2. The lowest BCUT2D eigenvalue weighted by Gasteiger charge is -2.15.